The van der Waals surface area contributed by atoms with E-state index in [1.807, 2.05) is 6.07 Å². The van der Waals surface area contributed by atoms with Crippen LogP contribution >= 0.6 is 11.6 Å². The number of hydrogen-bond acceptors (Lipinski definition) is 3. The van der Waals surface area contributed by atoms with Gasteiger partial charge in [0.25, 0.3) is 0 Å². The number of aliphatic carboxylic acids is 1. The molecular formula is C13H16ClN3O4. The van der Waals surface area contributed by atoms with Crippen molar-refractivity contribution in [1.82, 2.24) is 15.5 Å². The average Bonchev–Trinajstić information content (AvgIpc) is 2.42. The van der Waals surface area contributed by atoms with E-state index in [2.05, 4.69) is 10.6 Å². The Morgan fingerprint density at radius 1 is 1.24 bits per heavy atom. The topological polar surface area (TPSA) is 98.7 Å². The molecule has 0 heterocycles. The second-order valence-corrected chi connectivity index (χ2v) is 4.75. The Balaban J connectivity index is 2.37. The molecule has 0 unspecified atom stereocenters. The van der Waals surface area contributed by atoms with E-state index in [9.17, 15) is 14.4 Å². The molecule has 7 nitrogen and oxygen atoms in total. The minimum atomic E-state index is -1.15. The lowest BCUT2D eigenvalue weighted by Gasteiger charge is -2.18. The van der Waals surface area contributed by atoms with Crippen LogP contribution in [0.5, 0.6) is 0 Å². The van der Waals surface area contributed by atoms with Gasteiger partial charge >= 0.3 is 12.0 Å². The molecule has 0 bridgehead atoms. The molecule has 0 aliphatic carbocycles. The van der Waals surface area contributed by atoms with Crippen LogP contribution in [0.3, 0.4) is 0 Å². The third-order valence-corrected chi connectivity index (χ3v) is 2.73. The number of carboxylic acids is 1. The number of halogens is 1. The first-order valence-electron chi connectivity index (χ1n) is 6.10. The van der Waals surface area contributed by atoms with Crippen LogP contribution in [-0.4, -0.2) is 48.1 Å². The summed E-state index contributed by atoms with van der Waals surface area (Å²) in [4.78, 5) is 34.7. The number of urea groups is 1. The summed E-state index contributed by atoms with van der Waals surface area (Å²) in [5.74, 6) is -1.71. The van der Waals surface area contributed by atoms with Crippen molar-refractivity contribution >= 4 is 29.5 Å². The predicted octanol–water partition coefficient (Wildman–Crippen LogP) is 0.682. The van der Waals surface area contributed by atoms with Gasteiger partial charge < -0.3 is 20.6 Å². The van der Waals surface area contributed by atoms with Gasteiger partial charge in [-0.2, -0.15) is 0 Å². The Kier molecular flexibility index (Phi) is 6.48. The van der Waals surface area contributed by atoms with E-state index in [-0.39, 0.29) is 6.54 Å². The largest absolute Gasteiger partial charge is 0.480 e. The average molecular weight is 314 g/mol. The maximum atomic E-state index is 11.8. The van der Waals surface area contributed by atoms with Crippen LogP contribution in [0.4, 0.5) is 4.79 Å². The third kappa shape index (κ3) is 6.62. The Hall–Kier alpha value is -2.28. The molecule has 0 aliphatic heterocycles. The highest BCUT2D eigenvalue weighted by molar-refractivity contribution is 6.30. The van der Waals surface area contributed by atoms with Gasteiger partial charge in [0.2, 0.25) is 5.91 Å². The summed E-state index contributed by atoms with van der Waals surface area (Å²) in [5, 5.41) is 13.5. The zero-order valence-corrected chi connectivity index (χ0v) is 12.2. The first-order chi connectivity index (χ1) is 9.88. The van der Waals surface area contributed by atoms with Crippen LogP contribution in [0.2, 0.25) is 5.02 Å². The van der Waals surface area contributed by atoms with Gasteiger partial charge in [-0.15, -0.1) is 0 Å². The van der Waals surface area contributed by atoms with Gasteiger partial charge in [0.1, 0.15) is 6.54 Å². The van der Waals surface area contributed by atoms with E-state index in [1.165, 1.54) is 4.90 Å². The Morgan fingerprint density at radius 2 is 1.95 bits per heavy atom. The standard InChI is InChI=1S/C13H16ClN3O4/c1-17(8-9-3-2-4-10(14)5-9)13(21)16-6-11(18)15-7-12(19)20/h2-5H,6-8H2,1H3,(H,15,18)(H,16,21)(H,19,20). The van der Waals surface area contributed by atoms with Crippen molar-refractivity contribution in [3.8, 4) is 0 Å². The second kappa shape index (κ2) is 8.11. The predicted molar refractivity (Wildman–Crippen MR) is 77.0 cm³/mol. The van der Waals surface area contributed by atoms with Gasteiger partial charge in [-0.3, -0.25) is 9.59 Å². The molecule has 0 spiro atoms. The molecule has 1 rings (SSSR count). The SMILES string of the molecule is CN(Cc1cccc(Cl)c1)C(=O)NCC(=O)NCC(=O)O. The lowest BCUT2D eigenvalue weighted by atomic mass is 10.2. The Bertz CT molecular complexity index is 536. The van der Waals surface area contributed by atoms with Crippen molar-refractivity contribution in [3.63, 3.8) is 0 Å². The molecule has 1 aromatic carbocycles. The fourth-order valence-corrected chi connectivity index (χ4v) is 1.72. The summed E-state index contributed by atoms with van der Waals surface area (Å²) in [7, 11) is 1.57. The number of carbonyl (C=O) groups is 3. The van der Waals surface area contributed by atoms with E-state index in [4.69, 9.17) is 16.7 Å². The van der Waals surface area contributed by atoms with Gasteiger partial charge in [-0.25, -0.2) is 4.79 Å². The van der Waals surface area contributed by atoms with E-state index < -0.39 is 24.5 Å². The van der Waals surface area contributed by atoms with Gasteiger partial charge in [0.05, 0.1) is 6.54 Å². The molecule has 0 saturated carbocycles. The Labute approximate surface area is 126 Å². The number of benzene rings is 1. The van der Waals surface area contributed by atoms with E-state index >= 15 is 0 Å². The molecule has 0 radical (unpaired) electrons. The molecule has 0 saturated heterocycles. The molecule has 21 heavy (non-hydrogen) atoms. The lowest BCUT2D eigenvalue weighted by Crippen LogP contribution is -2.43. The number of carboxylic acid groups (broad SMARTS) is 1. The normalized spacial score (nSPS) is 9.81. The second-order valence-electron chi connectivity index (χ2n) is 4.32. The van der Waals surface area contributed by atoms with Crippen molar-refractivity contribution in [2.75, 3.05) is 20.1 Å². The first kappa shape index (κ1) is 16.8. The summed E-state index contributed by atoms with van der Waals surface area (Å²) in [6.45, 7) is -0.428. The number of hydrogen-bond donors (Lipinski definition) is 3. The zero-order valence-electron chi connectivity index (χ0n) is 11.4. The molecular weight excluding hydrogens is 298 g/mol. The number of nitrogens with zero attached hydrogens (tertiary/aromatic N) is 1. The van der Waals surface area contributed by atoms with Gasteiger partial charge in [-0.05, 0) is 17.7 Å². The quantitative estimate of drug-likeness (QED) is 0.719. The van der Waals surface area contributed by atoms with Crippen molar-refractivity contribution in [2.24, 2.45) is 0 Å². The summed E-state index contributed by atoms with van der Waals surface area (Å²) in [6, 6.07) is 6.64. The highest BCUT2D eigenvalue weighted by Gasteiger charge is 2.11. The molecule has 3 N–H and O–H groups in total. The summed E-state index contributed by atoms with van der Waals surface area (Å²) in [6.07, 6.45) is 0. The van der Waals surface area contributed by atoms with E-state index in [0.29, 0.717) is 11.6 Å². The van der Waals surface area contributed by atoms with Crippen LogP contribution < -0.4 is 10.6 Å². The molecule has 0 atom stereocenters. The molecule has 1 aromatic rings. The van der Waals surface area contributed by atoms with E-state index in [1.54, 1.807) is 25.2 Å². The maximum absolute atomic E-state index is 11.8. The van der Waals surface area contributed by atoms with Crippen molar-refractivity contribution in [1.29, 1.82) is 0 Å². The summed E-state index contributed by atoms with van der Waals surface area (Å²) < 4.78 is 0. The molecule has 0 aromatic heterocycles. The minimum Gasteiger partial charge on any atom is -0.480 e. The fourth-order valence-electron chi connectivity index (χ4n) is 1.51. The molecule has 8 heteroatoms. The number of amides is 3. The number of carbonyl (C=O) groups excluding carboxylic acids is 2. The van der Waals surface area contributed by atoms with Crippen LogP contribution in [0.1, 0.15) is 5.56 Å². The fraction of sp³-hybridized carbons (Fsp3) is 0.308. The van der Waals surface area contributed by atoms with Crippen LogP contribution in [0, 0.1) is 0 Å². The summed E-state index contributed by atoms with van der Waals surface area (Å²) >= 11 is 5.85. The van der Waals surface area contributed by atoms with Crippen LogP contribution in [0.25, 0.3) is 0 Å². The van der Waals surface area contributed by atoms with Crippen LogP contribution in [0.15, 0.2) is 24.3 Å². The zero-order chi connectivity index (χ0) is 15.8. The van der Waals surface area contributed by atoms with Crippen molar-refractivity contribution in [3.05, 3.63) is 34.9 Å². The lowest BCUT2D eigenvalue weighted by molar-refractivity contribution is -0.137. The van der Waals surface area contributed by atoms with Crippen LogP contribution in [-0.2, 0) is 16.1 Å². The Morgan fingerprint density at radius 3 is 2.57 bits per heavy atom. The number of nitrogens with one attached hydrogen (secondary N) is 2. The molecule has 114 valence electrons. The molecule has 0 aliphatic rings. The summed E-state index contributed by atoms with van der Waals surface area (Å²) in [5.41, 5.74) is 0.857. The maximum Gasteiger partial charge on any atom is 0.322 e. The van der Waals surface area contributed by atoms with Gasteiger partial charge in [-0.1, -0.05) is 23.7 Å². The highest BCUT2D eigenvalue weighted by Crippen LogP contribution is 2.11. The smallest absolute Gasteiger partial charge is 0.322 e. The third-order valence-electron chi connectivity index (χ3n) is 2.49. The highest BCUT2D eigenvalue weighted by atomic mass is 35.5. The van der Waals surface area contributed by atoms with Gasteiger partial charge in [0.15, 0.2) is 0 Å². The number of rotatable bonds is 6. The molecule has 3 amide bonds. The van der Waals surface area contributed by atoms with Crippen molar-refractivity contribution in [2.45, 2.75) is 6.54 Å². The minimum absolute atomic E-state index is 0.286. The first-order valence-corrected chi connectivity index (χ1v) is 6.48. The van der Waals surface area contributed by atoms with Crippen molar-refractivity contribution < 1.29 is 19.5 Å². The monoisotopic (exact) mass is 313 g/mol. The van der Waals surface area contributed by atoms with Gasteiger partial charge in [0, 0.05) is 18.6 Å². The van der Waals surface area contributed by atoms with E-state index in [0.717, 1.165) is 5.56 Å². The molecule has 0 fully saturated rings.